The fourth-order valence-corrected chi connectivity index (χ4v) is 1.29. The molecule has 0 aliphatic heterocycles. The minimum Gasteiger partial charge on any atom is -0.458 e. The Labute approximate surface area is 107 Å². The molecule has 0 atom stereocenters. The van der Waals surface area contributed by atoms with E-state index in [1.54, 1.807) is 24.3 Å². The van der Waals surface area contributed by atoms with E-state index in [-0.39, 0.29) is 19.2 Å². The van der Waals surface area contributed by atoms with Crippen LogP contribution >= 0.6 is 0 Å². The predicted molar refractivity (Wildman–Crippen MR) is 71.3 cm³/mol. The Hall–Kier alpha value is -1.87. The highest BCUT2D eigenvalue weighted by Gasteiger charge is 2.05. The monoisotopic (exact) mass is 246 g/mol. The molecule has 1 rings (SSSR count). The molecular weight excluding hydrogens is 228 g/mol. The lowest BCUT2D eigenvalue weighted by atomic mass is 10.2. The topological polar surface area (TPSA) is 46.5 Å². The van der Waals surface area contributed by atoms with Gasteiger partial charge in [-0.1, -0.05) is 36.4 Å². The van der Waals surface area contributed by atoms with Gasteiger partial charge >= 0.3 is 5.97 Å². The number of ether oxygens (including phenoxy) is 1. The van der Waals surface area contributed by atoms with Crippen molar-refractivity contribution in [2.45, 2.75) is 13.3 Å². The number of hydrogen-bond acceptors (Lipinski definition) is 3. The van der Waals surface area contributed by atoms with Crippen LogP contribution in [0, 0.1) is 0 Å². The number of carbonyl (C=O) groups excluding carboxylic acids is 1. The molecule has 0 bridgehead atoms. The molecule has 96 valence electrons. The highest BCUT2D eigenvalue weighted by molar-refractivity contribution is 5.89. The predicted octanol–water partition coefficient (Wildman–Crippen LogP) is 2.73. The molecule has 0 saturated carbocycles. The summed E-state index contributed by atoms with van der Waals surface area (Å²) in [6.07, 6.45) is 6.21. The largest absolute Gasteiger partial charge is 0.458 e. The summed E-state index contributed by atoms with van der Waals surface area (Å²) < 4.78 is 5.16. The van der Waals surface area contributed by atoms with Crippen LogP contribution in [0.2, 0.25) is 0 Å². The molecule has 0 aliphatic rings. The van der Waals surface area contributed by atoms with E-state index in [0.717, 1.165) is 5.57 Å². The number of esters is 1. The van der Waals surface area contributed by atoms with E-state index in [2.05, 4.69) is 0 Å². The lowest BCUT2D eigenvalue weighted by molar-refractivity contribution is 0.0540. The van der Waals surface area contributed by atoms with Gasteiger partial charge in [-0.3, -0.25) is 0 Å². The van der Waals surface area contributed by atoms with Gasteiger partial charge in [0.15, 0.2) is 0 Å². The molecule has 0 saturated heterocycles. The van der Waals surface area contributed by atoms with E-state index in [1.165, 1.54) is 0 Å². The van der Waals surface area contributed by atoms with E-state index < -0.39 is 0 Å². The molecule has 0 spiro atoms. The molecule has 1 aromatic carbocycles. The van der Waals surface area contributed by atoms with Crippen LogP contribution in [0.3, 0.4) is 0 Å². The quantitative estimate of drug-likeness (QED) is 0.620. The average Bonchev–Trinajstić information content (AvgIpc) is 2.42. The Kier molecular flexibility index (Phi) is 6.51. The second-order valence-corrected chi connectivity index (χ2v) is 3.90. The number of rotatable bonds is 6. The highest BCUT2D eigenvalue weighted by atomic mass is 16.5. The van der Waals surface area contributed by atoms with Gasteiger partial charge in [-0.25, -0.2) is 4.79 Å². The second kappa shape index (κ2) is 8.25. The van der Waals surface area contributed by atoms with Gasteiger partial charge < -0.3 is 9.84 Å². The SMILES string of the molecule is C/C(=C\C=C\CCO)COC(=O)c1ccccc1. The number of benzene rings is 1. The highest BCUT2D eigenvalue weighted by Crippen LogP contribution is 2.03. The Bertz CT molecular complexity index is 419. The van der Waals surface area contributed by atoms with Gasteiger partial charge in [0.05, 0.1) is 5.56 Å². The maximum absolute atomic E-state index is 11.6. The molecular formula is C15H18O3. The summed E-state index contributed by atoms with van der Waals surface area (Å²) in [7, 11) is 0. The second-order valence-electron chi connectivity index (χ2n) is 3.90. The molecule has 0 aliphatic carbocycles. The number of carbonyl (C=O) groups is 1. The smallest absolute Gasteiger partial charge is 0.338 e. The summed E-state index contributed by atoms with van der Waals surface area (Å²) in [5, 5.41) is 8.59. The van der Waals surface area contributed by atoms with Crippen LogP contribution in [0.4, 0.5) is 0 Å². The number of hydrogen-bond donors (Lipinski definition) is 1. The van der Waals surface area contributed by atoms with Crippen molar-refractivity contribution in [1.29, 1.82) is 0 Å². The molecule has 3 nitrogen and oxygen atoms in total. The molecule has 0 unspecified atom stereocenters. The first-order valence-electron chi connectivity index (χ1n) is 5.89. The van der Waals surface area contributed by atoms with Crippen molar-refractivity contribution in [2.75, 3.05) is 13.2 Å². The third-order valence-corrected chi connectivity index (χ3v) is 2.25. The summed E-state index contributed by atoms with van der Waals surface area (Å²) in [6, 6.07) is 8.91. The van der Waals surface area contributed by atoms with Crippen LogP contribution in [-0.2, 0) is 4.74 Å². The summed E-state index contributed by atoms with van der Waals surface area (Å²) in [6.45, 7) is 2.31. The van der Waals surface area contributed by atoms with Gasteiger partial charge in [0.25, 0.3) is 0 Å². The zero-order valence-corrected chi connectivity index (χ0v) is 10.5. The molecule has 0 amide bonds. The fourth-order valence-electron chi connectivity index (χ4n) is 1.29. The molecule has 0 fully saturated rings. The average molecular weight is 246 g/mol. The minimum absolute atomic E-state index is 0.145. The number of aliphatic hydroxyl groups is 1. The van der Waals surface area contributed by atoms with Gasteiger partial charge in [0.1, 0.15) is 6.61 Å². The van der Waals surface area contributed by atoms with E-state index in [0.29, 0.717) is 12.0 Å². The summed E-state index contributed by atoms with van der Waals surface area (Å²) in [5.41, 5.74) is 1.51. The normalized spacial score (nSPS) is 11.8. The molecule has 3 heteroatoms. The summed E-state index contributed by atoms with van der Waals surface area (Å²) >= 11 is 0. The maximum Gasteiger partial charge on any atom is 0.338 e. The molecule has 0 radical (unpaired) electrons. The van der Waals surface area contributed by atoms with Crippen molar-refractivity contribution in [3.05, 3.63) is 59.7 Å². The van der Waals surface area contributed by atoms with E-state index in [9.17, 15) is 4.79 Å². The standard InChI is InChI=1S/C15H18O3/c1-13(8-4-3-7-11-16)12-18-15(17)14-9-5-2-6-10-14/h2-6,8-10,16H,7,11-12H2,1H3/b4-3+,13-8+. The van der Waals surface area contributed by atoms with E-state index in [1.807, 2.05) is 31.2 Å². The first-order chi connectivity index (χ1) is 8.74. The fraction of sp³-hybridized carbons (Fsp3) is 0.267. The zero-order valence-electron chi connectivity index (χ0n) is 10.5. The Morgan fingerprint density at radius 1 is 1.33 bits per heavy atom. The van der Waals surface area contributed by atoms with Crippen LogP contribution < -0.4 is 0 Å². The van der Waals surface area contributed by atoms with Gasteiger partial charge in [0, 0.05) is 6.61 Å². The molecule has 1 N–H and O–H groups in total. The minimum atomic E-state index is -0.317. The van der Waals surface area contributed by atoms with Gasteiger partial charge in [-0.05, 0) is 31.1 Å². The lowest BCUT2D eigenvalue weighted by Gasteiger charge is -2.04. The van der Waals surface area contributed by atoms with Gasteiger partial charge in [-0.15, -0.1) is 0 Å². The van der Waals surface area contributed by atoms with Crippen molar-refractivity contribution < 1.29 is 14.6 Å². The third kappa shape index (κ3) is 5.46. The van der Waals surface area contributed by atoms with Crippen LogP contribution in [-0.4, -0.2) is 24.3 Å². The molecule has 1 aromatic rings. The van der Waals surface area contributed by atoms with Crippen LogP contribution in [0.25, 0.3) is 0 Å². The van der Waals surface area contributed by atoms with Crippen molar-refractivity contribution >= 4 is 5.97 Å². The summed E-state index contributed by atoms with van der Waals surface area (Å²) in [4.78, 5) is 11.6. The van der Waals surface area contributed by atoms with E-state index in [4.69, 9.17) is 9.84 Å². The van der Waals surface area contributed by atoms with Crippen LogP contribution in [0.5, 0.6) is 0 Å². The van der Waals surface area contributed by atoms with Crippen molar-refractivity contribution in [1.82, 2.24) is 0 Å². The van der Waals surface area contributed by atoms with Crippen molar-refractivity contribution in [3.8, 4) is 0 Å². The lowest BCUT2D eigenvalue weighted by Crippen LogP contribution is -2.06. The molecule has 0 heterocycles. The van der Waals surface area contributed by atoms with Crippen LogP contribution in [0.15, 0.2) is 54.1 Å². The number of allylic oxidation sites excluding steroid dienone is 2. The van der Waals surface area contributed by atoms with E-state index >= 15 is 0 Å². The Morgan fingerprint density at radius 2 is 2.06 bits per heavy atom. The van der Waals surface area contributed by atoms with Crippen molar-refractivity contribution in [3.63, 3.8) is 0 Å². The third-order valence-electron chi connectivity index (χ3n) is 2.25. The van der Waals surface area contributed by atoms with Gasteiger partial charge in [0.2, 0.25) is 0 Å². The summed E-state index contributed by atoms with van der Waals surface area (Å²) in [5.74, 6) is -0.317. The van der Waals surface area contributed by atoms with Crippen LogP contribution in [0.1, 0.15) is 23.7 Å². The first-order valence-corrected chi connectivity index (χ1v) is 5.89. The molecule has 18 heavy (non-hydrogen) atoms. The number of aliphatic hydroxyl groups excluding tert-OH is 1. The Balaban J connectivity index is 2.39. The zero-order chi connectivity index (χ0) is 13.2. The Morgan fingerprint density at radius 3 is 2.72 bits per heavy atom. The van der Waals surface area contributed by atoms with Gasteiger partial charge in [-0.2, -0.15) is 0 Å². The molecule has 0 aromatic heterocycles. The van der Waals surface area contributed by atoms with Crippen molar-refractivity contribution in [2.24, 2.45) is 0 Å². The first kappa shape index (κ1) is 14.2. The maximum atomic E-state index is 11.6.